The van der Waals surface area contributed by atoms with Crippen molar-refractivity contribution in [1.29, 1.82) is 0 Å². The quantitative estimate of drug-likeness (QED) is 0.625. The Kier molecular flexibility index (Phi) is 9.11. The summed E-state index contributed by atoms with van der Waals surface area (Å²) in [5.74, 6) is 0.880. The van der Waals surface area contributed by atoms with Gasteiger partial charge in [-0.1, -0.05) is 38.3 Å². The van der Waals surface area contributed by atoms with Crippen LogP contribution in [-0.4, -0.2) is 31.5 Å². The number of rotatable bonds is 11. The topological polar surface area (TPSA) is 38.7 Å². The molecular formula is C16H26O3. The minimum atomic E-state index is 0.0622. The second-order valence-corrected chi connectivity index (χ2v) is 4.64. The molecule has 0 aliphatic heterocycles. The highest BCUT2D eigenvalue weighted by Gasteiger charge is 1.96. The lowest BCUT2D eigenvalue weighted by Crippen LogP contribution is -2.09. The van der Waals surface area contributed by atoms with Crippen LogP contribution < -0.4 is 4.74 Å². The summed E-state index contributed by atoms with van der Waals surface area (Å²) in [6.07, 6.45) is 6.35. The molecule has 108 valence electrons. The minimum Gasteiger partial charge on any atom is -0.491 e. The maximum Gasteiger partial charge on any atom is 0.119 e. The normalized spacial score (nSPS) is 10.6. The Morgan fingerprint density at radius 3 is 2.42 bits per heavy atom. The molecule has 0 fully saturated rings. The van der Waals surface area contributed by atoms with Gasteiger partial charge in [0.2, 0.25) is 0 Å². The summed E-state index contributed by atoms with van der Waals surface area (Å²) >= 11 is 0. The van der Waals surface area contributed by atoms with Crippen molar-refractivity contribution in [3.63, 3.8) is 0 Å². The smallest absolute Gasteiger partial charge is 0.119 e. The number of hydrogen-bond acceptors (Lipinski definition) is 3. The second kappa shape index (κ2) is 10.8. The van der Waals surface area contributed by atoms with Crippen LogP contribution in [0.4, 0.5) is 0 Å². The van der Waals surface area contributed by atoms with E-state index in [9.17, 15) is 0 Å². The van der Waals surface area contributed by atoms with Crippen LogP contribution in [0.1, 0.15) is 38.2 Å². The van der Waals surface area contributed by atoms with Crippen LogP contribution in [0.2, 0.25) is 0 Å². The summed E-state index contributed by atoms with van der Waals surface area (Å²) in [5, 5.41) is 8.55. The van der Waals surface area contributed by atoms with Gasteiger partial charge >= 0.3 is 0 Å². The molecular weight excluding hydrogens is 240 g/mol. The Morgan fingerprint density at radius 1 is 0.947 bits per heavy atom. The third-order valence-electron chi connectivity index (χ3n) is 2.97. The predicted octanol–water partition coefficient (Wildman–Crippen LogP) is 3.20. The molecule has 1 rings (SSSR count). The van der Waals surface area contributed by atoms with Gasteiger partial charge in [0.15, 0.2) is 0 Å². The standard InChI is InChI=1S/C16H26O3/c1-2-3-4-5-6-15-7-9-16(10-8-15)19-14-13-18-12-11-17/h7-10,17H,2-6,11-14H2,1H3. The molecule has 0 aliphatic rings. The van der Waals surface area contributed by atoms with Crippen LogP contribution in [0, 0.1) is 0 Å². The molecule has 0 aromatic heterocycles. The maximum absolute atomic E-state index is 8.55. The zero-order chi connectivity index (χ0) is 13.8. The van der Waals surface area contributed by atoms with Crippen molar-refractivity contribution in [2.75, 3.05) is 26.4 Å². The zero-order valence-electron chi connectivity index (χ0n) is 11.9. The van der Waals surface area contributed by atoms with Crippen molar-refractivity contribution in [3.8, 4) is 5.75 Å². The van der Waals surface area contributed by atoms with Crippen molar-refractivity contribution >= 4 is 0 Å². The van der Waals surface area contributed by atoms with E-state index in [4.69, 9.17) is 14.6 Å². The third-order valence-corrected chi connectivity index (χ3v) is 2.97. The summed E-state index contributed by atoms with van der Waals surface area (Å²) in [6, 6.07) is 8.30. The fraction of sp³-hybridized carbons (Fsp3) is 0.625. The minimum absolute atomic E-state index is 0.0622. The van der Waals surface area contributed by atoms with Crippen molar-refractivity contribution < 1.29 is 14.6 Å². The highest BCUT2D eigenvalue weighted by Crippen LogP contribution is 2.14. The molecule has 0 radical (unpaired) electrons. The van der Waals surface area contributed by atoms with E-state index in [1.165, 1.54) is 31.2 Å². The Hall–Kier alpha value is -1.06. The molecule has 1 aromatic carbocycles. The fourth-order valence-corrected chi connectivity index (χ4v) is 1.89. The molecule has 0 saturated carbocycles. The molecule has 0 unspecified atom stereocenters. The lowest BCUT2D eigenvalue weighted by atomic mass is 10.1. The van der Waals surface area contributed by atoms with Gasteiger partial charge in [0.25, 0.3) is 0 Å². The van der Waals surface area contributed by atoms with Gasteiger partial charge in [-0.3, -0.25) is 0 Å². The first kappa shape index (κ1) is 16.0. The number of aliphatic hydroxyl groups is 1. The molecule has 19 heavy (non-hydrogen) atoms. The number of aliphatic hydroxyl groups excluding tert-OH is 1. The molecule has 0 spiro atoms. The van der Waals surface area contributed by atoms with Crippen molar-refractivity contribution in [3.05, 3.63) is 29.8 Å². The van der Waals surface area contributed by atoms with E-state index in [-0.39, 0.29) is 6.61 Å². The Balaban J connectivity index is 2.16. The number of benzene rings is 1. The van der Waals surface area contributed by atoms with Crippen molar-refractivity contribution in [2.24, 2.45) is 0 Å². The summed E-state index contributed by atoms with van der Waals surface area (Å²) in [5.41, 5.74) is 1.37. The van der Waals surface area contributed by atoms with Crippen LogP contribution in [0.3, 0.4) is 0 Å². The number of ether oxygens (including phenoxy) is 2. The maximum atomic E-state index is 8.55. The molecule has 1 N–H and O–H groups in total. The van der Waals surface area contributed by atoms with Crippen molar-refractivity contribution in [1.82, 2.24) is 0 Å². The van der Waals surface area contributed by atoms with E-state index in [2.05, 4.69) is 19.1 Å². The van der Waals surface area contributed by atoms with Gasteiger partial charge in [-0.05, 0) is 30.5 Å². The summed E-state index contributed by atoms with van der Waals surface area (Å²) in [6.45, 7) is 3.71. The van der Waals surface area contributed by atoms with Gasteiger partial charge < -0.3 is 14.6 Å². The first-order valence-electron chi connectivity index (χ1n) is 7.27. The fourth-order valence-electron chi connectivity index (χ4n) is 1.89. The molecule has 0 heterocycles. The van der Waals surface area contributed by atoms with Crippen LogP contribution in [0.25, 0.3) is 0 Å². The SMILES string of the molecule is CCCCCCc1ccc(OCCOCCO)cc1. The van der Waals surface area contributed by atoms with E-state index in [0.29, 0.717) is 19.8 Å². The number of aryl methyl sites for hydroxylation is 1. The first-order chi connectivity index (χ1) is 9.36. The van der Waals surface area contributed by atoms with E-state index in [1.807, 2.05) is 12.1 Å². The largest absolute Gasteiger partial charge is 0.491 e. The molecule has 1 aromatic rings. The average Bonchev–Trinajstić information content (AvgIpc) is 2.45. The van der Waals surface area contributed by atoms with E-state index >= 15 is 0 Å². The summed E-state index contributed by atoms with van der Waals surface area (Å²) in [4.78, 5) is 0. The lowest BCUT2D eigenvalue weighted by molar-refractivity contribution is 0.0705. The highest BCUT2D eigenvalue weighted by molar-refractivity contribution is 5.27. The molecule has 3 nitrogen and oxygen atoms in total. The van der Waals surface area contributed by atoms with Gasteiger partial charge in [-0.2, -0.15) is 0 Å². The number of hydrogen-bond donors (Lipinski definition) is 1. The van der Waals surface area contributed by atoms with E-state index < -0.39 is 0 Å². The van der Waals surface area contributed by atoms with Crippen LogP contribution >= 0.6 is 0 Å². The summed E-state index contributed by atoms with van der Waals surface area (Å²) < 4.78 is 10.7. The summed E-state index contributed by atoms with van der Waals surface area (Å²) in [7, 11) is 0. The Morgan fingerprint density at radius 2 is 1.74 bits per heavy atom. The highest BCUT2D eigenvalue weighted by atomic mass is 16.5. The van der Waals surface area contributed by atoms with Gasteiger partial charge in [0, 0.05) is 0 Å². The zero-order valence-corrected chi connectivity index (χ0v) is 11.9. The molecule has 0 bridgehead atoms. The molecule has 0 saturated heterocycles. The second-order valence-electron chi connectivity index (χ2n) is 4.64. The van der Waals surface area contributed by atoms with E-state index in [1.54, 1.807) is 0 Å². The Bertz CT molecular complexity index is 308. The predicted molar refractivity (Wildman–Crippen MR) is 77.7 cm³/mol. The first-order valence-corrected chi connectivity index (χ1v) is 7.27. The molecule has 3 heteroatoms. The van der Waals surface area contributed by atoms with Gasteiger partial charge in [-0.15, -0.1) is 0 Å². The van der Waals surface area contributed by atoms with E-state index in [0.717, 1.165) is 12.2 Å². The third kappa shape index (κ3) is 7.85. The average molecular weight is 266 g/mol. The van der Waals surface area contributed by atoms with Gasteiger partial charge in [-0.25, -0.2) is 0 Å². The lowest BCUT2D eigenvalue weighted by Gasteiger charge is -2.07. The van der Waals surface area contributed by atoms with Crippen LogP contribution in [0.15, 0.2) is 24.3 Å². The van der Waals surface area contributed by atoms with Gasteiger partial charge in [0.1, 0.15) is 12.4 Å². The monoisotopic (exact) mass is 266 g/mol. The van der Waals surface area contributed by atoms with Crippen LogP contribution in [0.5, 0.6) is 5.75 Å². The molecule has 0 atom stereocenters. The van der Waals surface area contributed by atoms with Crippen molar-refractivity contribution in [2.45, 2.75) is 39.0 Å². The molecule has 0 amide bonds. The Labute approximate surface area is 116 Å². The number of unbranched alkanes of at least 4 members (excludes halogenated alkanes) is 3. The van der Waals surface area contributed by atoms with Gasteiger partial charge in [0.05, 0.1) is 19.8 Å². The molecule has 0 aliphatic carbocycles. The van der Waals surface area contributed by atoms with Crippen LogP contribution in [-0.2, 0) is 11.2 Å².